The van der Waals surface area contributed by atoms with Crippen LogP contribution in [0, 0.1) is 0 Å². The summed E-state index contributed by atoms with van der Waals surface area (Å²) in [5.41, 5.74) is 2.69. The van der Waals surface area contributed by atoms with Gasteiger partial charge in [-0.1, -0.05) is 28.0 Å². The topological polar surface area (TPSA) is 67.0 Å². The minimum atomic E-state index is 0.0804. The van der Waals surface area contributed by atoms with Crippen LogP contribution in [0.3, 0.4) is 0 Å². The van der Waals surface area contributed by atoms with E-state index in [0.717, 1.165) is 60.1 Å². The maximum atomic E-state index is 12.2. The van der Waals surface area contributed by atoms with Crippen molar-refractivity contribution in [3.05, 3.63) is 24.0 Å². The Morgan fingerprint density at radius 1 is 1.35 bits per heavy atom. The van der Waals surface area contributed by atoms with Crippen LogP contribution in [0.15, 0.2) is 18.2 Å². The fraction of sp³-hybridized carbons (Fsp3) is 0.579. The number of imidazole rings is 1. The summed E-state index contributed by atoms with van der Waals surface area (Å²) < 4.78 is 5.69. The van der Waals surface area contributed by atoms with Gasteiger partial charge < -0.3 is 15.0 Å². The number of aromatic amines is 1. The molecule has 5 nitrogen and oxygen atoms in total. The number of aromatic nitrogens is 2. The second-order valence-electron chi connectivity index (χ2n) is 6.98. The molecule has 0 aliphatic carbocycles. The molecule has 7 heteroatoms. The zero-order chi connectivity index (χ0) is 17.8. The number of carbonyl (C=O) groups is 1. The van der Waals surface area contributed by atoms with E-state index in [9.17, 15) is 4.79 Å². The first-order chi connectivity index (χ1) is 12.8. The molecule has 2 aromatic rings. The van der Waals surface area contributed by atoms with Crippen LogP contribution in [0.1, 0.15) is 56.9 Å². The number of rotatable bonds is 7. The Morgan fingerprint density at radius 3 is 3.12 bits per heavy atom. The second kappa shape index (κ2) is 8.67. The highest BCUT2D eigenvalue weighted by atomic mass is 33.1. The van der Waals surface area contributed by atoms with E-state index in [1.807, 2.05) is 39.8 Å². The maximum absolute atomic E-state index is 12.2. The summed E-state index contributed by atoms with van der Waals surface area (Å²) in [4.78, 5) is 20.2. The summed E-state index contributed by atoms with van der Waals surface area (Å²) in [5.74, 6) is 2.26. The van der Waals surface area contributed by atoms with Gasteiger partial charge in [-0.15, -0.1) is 0 Å². The van der Waals surface area contributed by atoms with Crippen molar-refractivity contribution >= 4 is 44.2 Å². The Morgan fingerprint density at radius 2 is 2.31 bits per heavy atom. The minimum Gasteiger partial charge on any atom is -0.370 e. The van der Waals surface area contributed by atoms with Crippen molar-refractivity contribution in [1.29, 1.82) is 0 Å². The van der Waals surface area contributed by atoms with Crippen LogP contribution in [-0.2, 0) is 9.53 Å². The lowest BCUT2D eigenvalue weighted by atomic mass is 10.1. The summed E-state index contributed by atoms with van der Waals surface area (Å²) in [6.45, 7) is 0.807. The van der Waals surface area contributed by atoms with Crippen molar-refractivity contribution in [2.24, 2.45) is 0 Å². The highest BCUT2D eigenvalue weighted by Gasteiger charge is 2.21. The number of fused-ring (bicyclic) bond motifs is 1. The molecule has 140 valence electrons. The van der Waals surface area contributed by atoms with Crippen LogP contribution in [0.4, 0.5) is 5.69 Å². The highest BCUT2D eigenvalue weighted by Crippen LogP contribution is 2.39. The van der Waals surface area contributed by atoms with Gasteiger partial charge in [-0.25, -0.2) is 4.98 Å². The molecule has 2 N–H and O–H groups in total. The molecule has 2 fully saturated rings. The molecule has 26 heavy (non-hydrogen) atoms. The van der Waals surface area contributed by atoms with E-state index >= 15 is 0 Å². The summed E-state index contributed by atoms with van der Waals surface area (Å²) in [7, 11) is 3.99. The molecule has 2 atom stereocenters. The number of hydrogen-bond acceptors (Lipinski definition) is 5. The first-order valence-corrected chi connectivity index (χ1v) is 11.9. The molecule has 3 heterocycles. The fourth-order valence-electron chi connectivity index (χ4n) is 3.50. The van der Waals surface area contributed by atoms with Crippen molar-refractivity contribution in [2.75, 3.05) is 17.7 Å². The molecule has 0 radical (unpaired) electrons. The molecule has 2 saturated heterocycles. The van der Waals surface area contributed by atoms with Gasteiger partial charge in [-0.3, -0.25) is 4.79 Å². The van der Waals surface area contributed by atoms with Gasteiger partial charge in [-0.05, 0) is 50.3 Å². The third-order valence-electron chi connectivity index (χ3n) is 4.93. The van der Waals surface area contributed by atoms with Gasteiger partial charge in [0.2, 0.25) is 5.91 Å². The lowest BCUT2D eigenvalue weighted by molar-refractivity contribution is -0.116. The SMILES string of the molecule is O=C(CCCC[C@@H]1CCSS1)Nc1ccc2nc(C3CCCO3)[nH]c2c1. The van der Waals surface area contributed by atoms with Crippen molar-refractivity contribution in [2.45, 2.75) is 56.3 Å². The summed E-state index contributed by atoms with van der Waals surface area (Å²) in [6.07, 6.45) is 7.42. The van der Waals surface area contributed by atoms with Crippen molar-refractivity contribution in [3.8, 4) is 0 Å². The molecule has 0 saturated carbocycles. The van der Waals surface area contributed by atoms with E-state index in [4.69, 9.17) is 4.74 Å². The van der Waals surface area contributed by atoms with Gasteiger partial charge in [0, 0.05) is 29.7 Å². The Bertz CT molecular complexity index is 752. The zero-order valence-electron chi connectivity index (χ0n) is 14.8. The molecule has 4 rings (SSSR count). The van der Waals surface area contributed by atoms with Gasteiger partial charge >= 0.3 is 0 Å². The fourth-order valence-corrected chi connectivity index (χ4v) is 6.53. The summed E-state index contributed by atoms with van der Waals surface area (Å²) in [5, 5.41) is 3.81. The average molecular weight is 392 g/mol. The molecule has 1 unspecified atom stereocenters. The molecule has 0 bridgehead atoms. The smallest absolute Gasteiger partial charge is 0.224 e. The largest absolute Gasteiger partial charge is 0.370 e. The van der Waals surface area contributed by atoms with E-state index in [1.54, 1.807) is 0 Å². The van der Waals surface area contributed by atoms with Gasteiger partial charge in [0.05, 0.1) is 11.0 Å². The number of carbonyl (C=O) groups excluding carboxylic acids is 1. The highest BCUT2D eigenvalue weighted by molar-refractivity contribution is 8.77. The lowest BCUT2D eigenvalue weighted by Crippen LogP contribution is -2.11. The van der Waals surface area contributed by atoms with Crippen molar-refractivity contribution in [3.63, 3.8) is 0 Å². The third kappa shape index (κ3) is 4.56. The number of benzene rings is 1. The molecule has 1 amide bonds. The van der Waals surface area contributed by atoms with E-state index in [0.29, 0.717) is 6.42 Å². The predicted octanol–water partition coefficient (Wildman–Crippen LogP) is 5.07. The average Bonchev–Trinajstić information content (AvgIpc) is 3.39. The summed E-state index contributed by atoms with van der Waals surface area (Å²) in [6, 6.07) is 5.84. The third-order valence-corrected chi connectivity index (χ3v) is 7.93. The van der Waals surface area contributed by atoms with Crippen molar-refractivity contribution in [1.82, 2.24) is 9.97 Å². The first kappa shape index (κ1) is 18.2. The van der Waals surface area contributed by atoms with Gasteiger partial charge in [-0.2, -0.15) is 0 Å². The molecule has 2 aliphatic rings. The number of nitrogens with one attached hydrogen (secondary N) is 2. The molecule has 1 aromatic heterocycles. The monoisotopic (exact) mass is 391 g/mol. The van der Waals surface area contributed by atoms with Crippen LogP contribution >= 0.6 is 21.6 Å². The zero-order valence-corrected chi connectivity index (χ0v) is 16.5. The van der Waals surface area contributed by atoms with Crippen molar-refractivity contribution < 1.29 is 9.53 Å². The standard InChI is InChI=1S/C19H25N3O2S2/c23-18(6-2-1-4-14-9-11-25-26-14)20-13-7-8-15-16(12-13)22-19(21-15)17-5-3-10-24-17/h7-8,12,14,17H,1-6,9-11H2,(H,20,23)(H,21,22)/t14-,17?/m1/s1. The van der Waals surface area contributed by atoms with Crippen LogP contribution in [0.5, 0.6) is 0 Å². The number of hydrogen-bond donors (Lipinski definition) is 2. The maximum Gasteiger partial charge on any atom is 0.224 e. The quantitative estimate of drug-likeness (QED) is 0.510. The Hall–Kier alpha value is -1.18. The minimum absolute atomic E-state index is 0.0804. The van der Waals surface area contributed by atoms with E-state index in [-0.39, 0.29) is 12.0 Å². The Balaban J connectivity index is 1.28. The van der Waals surface area contributed by atoms with Crippen LogP contribution in [-0.4, -0.2) is 33.5 Å². The number of H-pyrrole nitrogens is 1. The number of unbranched alkanes of at least 4 members (excludes halogenated alkanes) is 1. The Kier molecular flexibility index (Phi) is 6.07. The van der Waals surface area contributed by atoms with E-state index < -0.39 is 0 Å². The van der Waals surface area contributed by atoms with E-state index in [2.05, 4.69) is 15.3 Å². The summed E-state index contributed by atoms with van der Waals surface area (Å²) >= 11 is 0. The molecule has 0 spiro atoms. The van der Waals surface area contributed by atoms with E-state index in [1.165, 1.54) is 18.6 Å². The lowest BCUT2D eigenvalue weighted by Gasteiger charge is -2.07. The van der Waals surface area contributed by atoms with Gasteiger partial charge in [0.15, 0.2) is 0 Å². The molecule has 1 aromatic carbocycles. The van der Waals surface area contributed by atoms with Crippen LogP contribution in [0.25, 0.3) is 11.0 Å². The van der Waals surface area contributed by atoms with Crippen LogP contribution < -0.4 is 5.32 Å². The van der Waals surface area contributed by atoms with Gasteiger partial charge in [0.25, 0.3) is 0 Å². The second-order valence-corrected chi connectivity index (χ2v) is 9.77. The first-order valence-electron chi connectivity index (χ1n) is 9.47. The molecular weight excluding hydrogens is 366 g/mol. The molecular formula is C19H25N3O2S2. The number of nitrogens with zero attached hydrogens (tertiary/aromatic N) is 1. The number of amides is 1. The predicted molar refractivity (Wildman–Crippen MR) is 110 cm³/mol. The normalized spacial score (nSPS) is 22.9. The Labute approximate surface area is 161 Å². The van der Waals surface area contributed by atoms with Gasteiger partial charge in [0.1, 0.15) is 11.9 Å². The number of ether oxygens (including phenoxy) is 1. The molecule has 2 aliphatic heterocycles. The van der Waals surface area contributed by atoms with Crippen LogP contribution in [0.2, 0.25) is 0 Å². The number of anilines is 1.